The summed E-state index contributed by atoms with van der Waals surface area (Å²) in [6.07, 6.45) is -0.608. The number of aliphatic carboxylic acids is 1. The third kappa shape index (κ3) is 4.42. The van der Waals surface area contributed by atoms with Crippen LogP contribution >= 0.6 is 11.6 Å². The highest BCUT2D eigenvalue weighted by atomic mass is 35.5. The van der Waals surface area contributed by atoms with Gasteiger partial charge in [-0.15, -0.1) is 0 Å². The van der Waals surface area contributed by atoms with Gasteiger partial charge in [0.25, 0.3) is 0 Å². The van der Waals surface area contributed by atoms with Gasteiger partial charge in [0.15, 0.2) is 0 Å². The van der Waals surface area contributed by atoms with Gasteiger partial charge in [-0.2, -0.15) is 0 Å². The molecular formula is C25H22ClNO4. The van der Waals surface area contributed by atoms with E-state index in [9.17, 15) is 14.7 Å². The van der Waals surface area contributed by atoms with Crippen molar-refractivity contribution >= 4 is 23.7 Å². The van der Waals surface area contributed by atoms with Crippen LogP contribution in [0.25, 0.3) is 11.1 Å². The first-order valence-electron chi connectivity index (χ1n) is 10.0. The van der Waals surface area contributed by atoms with Crippen molar-refractivity contribution < 1.29 is 19.4 Å². The summed E-state index contributed by atoms with van der Waals surface area (Å²) in [5.74, 6) is -1.21. The molecule has 0 aliphatic heterocycles. The Kier molecular flexibility index (Phi) is 5.96. The fourth-order valence-corrected chi connectivity index (χ4v) is 4.32. The Morgan fingerprint density at radius 1 is 1.03 bits per heavy atom. The van der Waals surface area contributed by atoms with Gasteiger partial charge in [-0.05, 0) is 52.4 Å². The summed E-state index contributed by atoms with van der Waals surface area (Å²) in [5, 5.41) is 12.6. The number of nitrogens with one attached hydrogen (secondary N) is 1. The summed E-state index contributed by atoms with van der Waals surface area (Å²) in [5.41, 5.74) is 6.14. The molecule has 4 rings (SSSR count). The fourth-order valence-electron chi connectivity index (χ4n) is 4.09. The van der Waals surface area contributed by atoms with Crippen LogP contribution in [0.1, 0.15) is 28.2 Å². The predicted octanol–water partition coefficient (Wildman–Crippen LogP) is 5.18. The molecule has 0 heterocycles. The van der Waals surface area contributed by atoms with Gasteiger partial charge in [-0.3, -0.25) is 0 Å². The Morgan fingerprint density at radius 3 is 2.23 bits per heavy atom. The van der Waals surface area contributed by atoms with Crippen molar-refractivity contribution in [2.24, 2.45) is 0 Å². The molecule has 1 aliphatic rings. The van der Waals surface area contributed by atoms with Crippen LogP contribution in [-0.2, 0) is 16.0 Å². The van der Waals surface area contributed by atoms with Crippen molar-refractivity contribution in [2.45, 2.75) is 25.3 Å². The minimum Gasteiger partial charge on any atom is -0.480 e. The molecule has 5 nitrogen and oxygen atoms in total. The van der Waals surface area contributed by atoms with Crippen molar-refractivity contribution in [1.82, 2.24) is 5.32 Å². The summed E-state index contributed by atoms with van der Waals surface area (Å²) in [6.45, 7) is 1.99. The highest BCUT2D eigenvalue weighted by molar-refractivity contribution is 6.30. The molecule has 158 valence electrons. The zero-order valence-corrected chi connectivity index (χ0v) is 17.7. The van der Waals surface area contributed by atoms with Crippen LogP contribution in [-0.4, -0.2) is 29.8 Å². The van der Waals surface area contributed by atoms with Crippen LogP contribution in [0.3, 0.4) is 0 Å². The third-order valence-electron chi connectivity index (χ3n) is 5.66. The number of aryl methyl sites for hydroxylation is 1. The number of carboxylic acids is 1. The molecular weight excluding hydrogens is 414 g/mol. The van der Waals surface area contributed by atoms with Crippen LogP contribution in [0, 0.1) is 6.92 Å². The Balaban J connectivity index is 1.44. The average Bonchev–Trinajstić information content (AvgIpc) is 3.07. The minimum atomic E-state index is -1.12. The number of benzene rings is 3. The molecule has 0 radical (unpaired) electrons. The first-order valence-corrected chi connectivity index (χ1v) is 10.4. The number of carbonyl (C=O) groups excluding carboxylic acids is 1. The van der Waals surface area contributed by atoms with E-state index in [1.807, 2.05) is 43.3 Å². The maximum absolute atomic E-state index is 12.5. The van der Waals surface area contributed by atoms with E-state index in [-0.39, 0.29) is 18.9 Å². The first-order chi connectivity index (χ1) is 14.9. The van der Waals surface area contributed by atoms with Crippen LogP contribution in [0.2, 0.25) is 5.02 Å². The molecule has 1 unspecified atom stereocenters. The van der Waals surface area contributed by atoms with Gasteiger partial charge in [-0.25, -0.2) is 9.59 Å². The quantitative estimate of drug-likeness (QED) is 0.559. The first kappa shape index (κ1) is 20.9. The minimum absolute atomic E-state index is 0.0834. The van der Waals surface area contributed by atoms with E-state index in [1.54, 1.807) is 18.2 Å². The van der Waals surface area contributed by atoms with Crippen molar-refractivity contribution in [3.05, 3.63) is 94.0 Å². The summed E-state index contributed by atoms with van der Waals surface area (Å²) in [7, 11) is 0. The van der Waals surface area contributed by atoms with E-state index in [0.717, 1.165) is 33.4 Å². The molecule has 1 aliphatic carbocycles. The number of halogens is 1. The van der Waals surface area contributed by atoms with E-state index >= 15 is 0 Å². The summed E-state index contributed by atoms with van der Waals surface area (Å²) in [4.78, 5) is 24.2. The smallest absolute Gasteiger partial charge is 0.407 e. The fraction of sp³-hybridized carbons (Fsp3) is 0.200. The van der Waals surface area contributed by atoms with E-state index in [0.29, 0.717) is 5.02 Å². The Hall–Kier alpha value is -3.31. The number of alkyl carbamates (subject to hydrolysis) is 1. The Bertz CT molecular complexity index is 1100. The Labute approximate surface area is 185 Å². The second-order valence-corrected chi connectivity index (χ2v) is 8.07. The number of hydrogen-bond acceptors (Lipinski definition) is 3. The molecule has 2 N–H and O–H groups in total. The molecule has 1 amide bonds. The normalized spacial score (nSPS) is 13.2. The molecule has 6 heteroatoms. The van der Waals surface area contributed by atoms with Crippen LogP contribution in [0.5, 0.6) is 0 Å². The highest BCUT2D eigenvalue weighted by Crippen LogP contribution is 2.44. The Morgan fingerprint density at radius 2 is 1.65 bits per heavy atom. The molecule has 1 atom stereocenters. The number of hydrogen-bond donors (Lipinski definition) is 2. The van der Waals surface area contributed by atoms with Gasteiger partial charge in [0, 0.05) is 17.4 Å². The lowest BCUT2D eigenvalue weighted by Gasteiger charge is -2.18. The molecule has 0 spiro atoms. The summed E-state index contributed by atoms with van der Waals surface area (Å²) >= 11 is 5.97. The number of amides is 1. The largest absolute Gasteiger partial charge is 0.480 e. The zero-order chi connectivity index (χ0) is 22.0. The maximum Gasteiger partial charge on any atom is 0.407 e. The van der Waals surface area contributed by atoms with Crippen molar-refractivity contribution in [3.8, 4) is 11.1 Å². The second kappa shape index (κ2) is 8.82. The predicted molar refractivity (Wildman–Crippen MR) is 120 cm³/mol. The van der Waals surface area contributed by atoms with Crippen LogP contribution in [0.15, 0.2) is 66.7 Å². The lowest BCUT2D eigenvalue weighted by molar-refractivity contribution is -0.139. The lowest BCUT2D eigenvalue weighted by Crippen LogP contribution is -2.43. The van der Waals surface area contributed by atoms with Gasteiger partial charge in [0.1, 0.15) is 12.6 Å². The molecule has 0 fully saturated rings. The number of carbonyl (C=O) groups is 2. The lowest BCUT2D eigenvalue weighted by atomic mass is 9.98. The van der Waals surface area contributed by atoms with Crippen molar-refractivity contribution in [1.29, 1.82) is 0 Å². The molecule has 3 aromatic carbocycles. The number of rotatable bonds is 6. The van der Waals surface area contributed by atoms with E-state index in [2.05, 4.69) is 17.4 Å². The number of carboxylic acid groups (broad SMARTS) is 1. The van der Waals surface area contributed by atoms with Crippen LogP contribution in [0.4, 0.5) is 4.79 Å². The van der Waals surface area contributed by atoms with Gasteiger partial charge in [-0.1, -0.05) is 66.2 Å². The standard InChI is InChI=1S/C25H22ClNO4/c1-15-12-17(26)11-10-16(15)13-23(24(28)29)27-25(30)31-14-22-20-8-4-2-6-18(20)19-7-3-5-9-21(19)22/h2-12,22-23H,13-14H2,1H3,(H,27,30)(H,28,29). The SMILES string of the molecule is Cc1cc(Cl)ccc1CC(NC(=O)OCC1c2ccccc2-c2ccccc21)C(=O)O. The van der Waals surface area contributed by atoms with Gasteiger partial charge in [0.2, 0.25) is 0 Å². The van der Waals surface area contributed by atoms with Gasteiger partial charge >= 0.3 is 12.1 Å². The topological polar surface area (TPSA) is 75.6 Å². The summed E-state index contributed by atoms with van der Waals surface area (Å²) in [6, 6.07) is 20.2. The average molecular weight is 436 g/mol. The molecule has 0 saturated carbocycles. The van der Waals surface area contributed by atoms with Crippen LogP contribution < -0.4 is 5.32 Å². The van der Waals surface area contributed by atoms with E-state index in [4.69, 9.17) is 16.3 Å². The highest BCUT2D eigenvalue weighted by Gasteiger charge is 2.29. The van der Waals surface area contributed by atoms with Crippen molar-refractivity contribution in [3.63, 3.8) is 0 Å². The zero-order valence-electron chi connectivity index (χ0n) is 17.0. The maximum atomic E-state index is 12.5. The molecule has 0 saturated heterocycles. The van der Waals surface area contributed by atoms with Gasteiger partial charge in [0.05, 0.1) is 0 Å². The summed E-state index contributed by atoms with van der Waals surface area (Å²) < 4.78 is 5.47. The number of ether oxygens (including phenoxy) is 1. The molecule has 0 bridgehead atoms. The van der Waals surface area contributed by atoms with E-state index < -0.39 is 18.1 Å². The van der Waals surface area contributed by atoms with Gasteiger partial charge < -0.3 is 15.2 Å². The molecule has 3 aromatic rings. The number of fused-ring (bicyclic) bond motifs is 3. The second-order valence-electron chi connectivity index (χ2n) is 7.64. The molecule has 0 aromatic heterocycles. The van der Waals surface area contributed by atoms with E-state index in [1.165, 1.54) is 0 Å². The monoisotopic (exact) mass is 435 g/mol. The third-order valence-corrected chi connectivity index (χ3v) is 5.90. The molecule has 31 heavy (non-hydrogen) atoms. The van der Waals surface area contributed by atoms with Crippen molar-refractivity contribution in [2.75, 3.05) is 6.61 Å².